The van der Waals surface area contributed by atoms with Crippen LogP contribution in [0, 0.1) is 5.92 Å². The molecule has 0 spiro atoms. The van der Waals surface area contributed by atoms with Crippen LogP contribution in [0.15, 0.2) is 36.8 Å². The lowest BCUT2D eigenvalue weighted by atomic mass is 10.0. The molecule has 14 heteroatoms. The van der Waals surface area contributed by atoms with Crippen LogP contribution in [0.1, 0.15) is 35.6 Å². The Kier molecular flexibility index (Phi) is 9.55. The number of hydrogen-bond acceptors (Lipinski definition) is 6. The summed E-state index contributed by atoms with van der Waals surface area (Å²) in [4.78, 5) is 52.1. The van der Waals surface area contributed by atoms with Gasteiger partial charge in [-0.3, -0.25) is 9.59 Å². The van der Waals surface area contributed by atoms with Crippen LogP contribution >= 0.6 is 11.3 Å². The maximum Gasteiger partial charge on any atom is 0.490 e. The highest BCUT2D eigenvalue weighted by Crippen LogP contribution is 2.28. The van der Waals surface area contributed by atoms with Crippen LogP contribution in [0.4, 0.5) is 18.9 Å². The highest BCUT2D eigenvalue weighted by atomic mass is 32.1. The highest BCUT2D eigenvalue weighted by molar-refractivity contribution is 7.20. The predicted octanol–water partition coefficient (Wildman–Crippen LogP) is 3.67. The molecule has 0 fully saturated rings. The molecule has 0 aliphatic heterocycles. The van der Waals surface area contributed by atoms with Crippen LogP contribution in [0.3, 0.4) is 0 Å². The van der Waals surface area contributed by atoms with E-state index < -0.39 is 30.1 Å². The van der Waals surface area contributed by atoms with E-state index >= 15 is 0 Å². The van der Waals surface area contributed by atoms with Crippen molar-refractivity contribution in [3.63, 3.8) is 0 Å². The maximum atomic E-state index is 12.5. The summed E-state index contributed by atoms with van der Waals surface area (Å²) in [5.74, 6) is -4.25. The predicted molar refractivity (Wildman–Crippen MR) is 125 cm³/mol. The van der Waals surface area contributed by atoms with E-state index in [-0.39, 0.29) is 18.2 Å². The van der Waals surface area contributed by atoms with Gasteiger partial charge in [0.25, 0.3) is 5.91 Å². The number of rotatable bonds is 8. The largest absolute Gasteiger partial charge is 0.490 e. The SMILES string of the molecule is CC(C)C[C@H](NC(=O)c1cc2cc(NC(=O)Cc3cnc[nH]3)ccc2s1)C(=O)O.O=C(O)C(F)(F)F. The number of halogens is 3. The number of aromatic amines is 1. The number of nitrogens with zero attached hydrogens (tertiary/aromatic N) is 1. The number of thiophene rings is 1. The van der Waals surface area contributed by atoms with Gasteiger partial charge in [-0.2, -0.15) is 13.2 Å². The van der Waals surface area contributed by atoms with E-state index in [1.807, 2.05) is 19.9 Å². The number of amides is 2. The van der Waals surface area contributed by atoms with Crippen molar-refractivity contribution in [2.24, 2.45) is 5.92 Å². The number of nitrogens with one attached hydrogen (secondary N) is 3. The number of carbonyl (C=O) groups is 4. The van der Waals surface area contributed by atoms with Crippen molar-refractivity contribution in [2.75, 3.05) is 5.32 Å². The molecule has 1 aromatic carbocycles. The maximum absolute atomic E-state index is 12.5. The van der Waals surface area contributed by atoms with Crippen LogP contribution in [0.25, 0.3) is 10.1 Å². The summed E-state index contributed by atoms with van der Waals surface area (Å²) in [6.45, 7) is 3.81. The molecule has 5 N–H and O–H groups in total. The van der Waals surface area contributed by atoms with Crippen molar-refractivity contribution in [2.45, 2.75) is 38.9 Å². The lowest BCUT2D eigenvalue weighted by molar-refractivity contribution is -0.192. The quantitative estimate of drug-likeness (QED) is 0.298. The minimum Gasteiger partial charge on any atom is -0.480 e. The number of anilines is 1. The zero-order chi connectivity index (χ0) is 27.0. The Labute approximate surface area is 206 Å². The van der Waals surface area contributed by atoms with Gasteiger partial charge < -0.3 is 25.8 Å². The van der Waals surface area contributed by atoms with Gasteiger partial charge in [0.05, 0.1) is 17.6 Å². The number of carbonyl (C=O) groups excluding carboxylic acids is 2. The first-order chi connectivity index (χ1) is 16.8. The van der Waals surface area contributed by atoms with Gasteiger partial charge in [-0.1, -0.05) is 13.8 Å². The van der Waals surface area contributed by atoms with Crippen LogP contribution < -0.4 is 10.6 Å². The second-order valence-electron chi connectivity index (χ2n) is 7.96. The molecule has 0 saturated heterocycles. The number of carboxylic acid groups (broad SMARTS) is 2. The Morgan fingerprint density at radius 2 is 1.81 bits per heavy atom. The zero-order valence-corrected chi connectivity index (χ0v) is 19.9. The fraction of sp³-hybridized carbons (Fsp3) is 0.318. The van der Waals surface area contributed by atoms with E-state index in [4.69, 9.17) is 9.90 Å². The third-order valence-corrected chi connectivity index (χ3v) is 5.60. The average Bonchev–Trinajstić information content (AvgIpc) is 3.41. The van der Waals surface area contributed by atoms with E-state index in [0.717, 1.165) is 10.1 Å². The lowest BCUT2D eigenvalue weighted by Gasteiger charge is -2.15. The molecular formula is C22H23F3N4O6S. The Morgan fingerprint density at radius 1 is 1.14 bits per heavy atom. The first-order valence-electron chi connectivity index (χ1n) is 10.4. The molecule has 2 aromatic heterocycles. The van der Waals surface area contributed by atoms with Crippen LogP contribution in [-0.4, -0.2) is 56.2 Å². The van der Waals surface area contributed by atoms with Crippen molar-refractivity contribution in [1.29, 1.82) is 0 Å². The number of H-pyrrole nitrogens is 1. The monoisotopic (exact) mass is 528 g/mol. The Balaban J connectivity index is 0.000000572. The molecule has 1 atom stereocenters. The van der Waals surface area contributed by atoms with Crippen molar-refractivity contribution in [3.8, 4) is 0 Å². The molecule has 2 amide bonds. The van der Waals surface area contributed by atoms with Crippen molar-refractivity contribution in [3.05, 3.63) is 47.4 Å². The van der Waals surface area contributed by atoms with E-state index in [1.165, 1.54) is 17.7 Å². The number of benzene rings is 1. The Morgan fingerprint density at radius 3 is 2.33 bits per heavy atom. The molecule has 0 aliphatic carbocycles. The molecule has 0 radical (unpaired) electrons. The molecule has 2 heterocycles. The molecule has 10 nitrogen and oxygen atoms in total. The zero-order valence-electron chi connectivity index (χ0n) is 19.0. The topological polar surface area (TPSA) is 161 Å². The fourth-order valence-corrected chi connectivity index (χ4v) is 3.86. The molecule has 0 bridgehead atoms. The lowest BCUT2D eigenvalue weighted by Crippen LogP contribution is -2.41. The van der Waals surface area contributed by atoms with Gasteiger partial charge >= 0.3 is 18.1 Å². The third-order valence-electron chi connectivity index (χ3n) is 4.48. The summed E-state index contributed by atoms with van der Waals surface area (Å²) in [7, 11) is 0. The second kappa shape index (κ2) is 12.2. The normalized spacial score (nSPS) is 11.9. The molecule has 3 aromatic rings. The number of fused-ring (bicyclic) bond motifs is 1. The van der Waals surface area contributed by atoms with Gasteiger partial charge in [0.1, 0.15) is 6.04 Å². The van der Waals surface area contributed by atoms with Crippen molar-refractivity contribution in [1.82, 2.24) is 15.3 Å². The van der Waals surface area contributed by atoms with Gasteiger partial charge in [-0.05, 0) is 42.0 Å². The Hall–Kier alpha value is -3.94. The van der Waals surface area contributed by atoms with E-state index in [1.54, 1.807) is 24.4 Å². The molecule has 0 aliphatic rings. The minimum atomic E-state index is -5.08. The second-order valence-corrected chi connectivity index (χ2v) is 9.05. The number of imidazole rings is 1. The van der Waals surface area contributed by atoms with E-state index in [0.29, 0.717) is 22.7 Å². The van der Waals surface area contributed by atoms with Gasteiger partial charge in [-0.15, -0.1) is 11.3 Å². The smallest absolute Gasteiger partial charge is 0.480 e. The molecule has 0 saturated carbocycles. The van der Waals surface area contributed by atoms with Gasteiger partial charge in [-0.25, -0.2) is 14.6 Å². The van der Waals surface area contributed by atoms with E-state index in [2.05, 4.69) is 20.6 Å². The van der Waals surface area contributed by atoms with Crippen molar-refractivity contribution < 1.29 is 42.6 Å². The average molecular weight is 529 g/mol. The summed E-state index contributed by atoms with van der Waals surface area (Å²) in [6.07, 6.45) is -1.43. The summed E-state index contributed by atoms with van der Waals surface area (Å²) >= 11 is 1.28. The third kappa shape index (κ3) is 8.69. The molecule has 194 valence electrons. The summed E-state index contributed by atoms with van der Waals surface area (Å²) in [5.41, 5.74) is 1.34. The van der Waals surface area contributed by atoms with Gasteiger partial charge in [0.15, 0.2) is 0 Å². The number of aliphatic carboxylic acids is 2. The van der Waals surface area contributed by atoms with Crippen molar-refractivity contribution >= 4 is 50.9 Å². The van der Waals surface area contributed by atoms with Crippen LogP contribution in [-0.2, 0) is 20.8 Å². The molecule has 36 heavy (non-hydrogen) atoms. The number of carboxylic acids is 2. The number of hydrogen-bond donors (Lipinski definition) is 5. The standard InChI is InChI=1S/C20H22N4O4S.C2HF3O2/c1-11(2)5-15(20(27)28)24-19(26)17-7-12-6-13(3-4-16(12)29-17)23-18(25)8-14-9-21-10-22-14;3-2(4,5)1(6)7/h3-4,6-7,9-11,15H,5,8H2,1-2H3,(H,21,22)(H,23,25)(H,24,26)(H,27,28);(H,6,7)/t15-;/m0./s1. The molecule has 3 rings (SSSR count). The van der Waals surface area contributed by atoms with Crippen LogP contribution in [0.2, 0.25) is 0 Å². The Bertz CT molecular complexity index is 1220. The minimum absolute atomic E-state index is 0.145. The fourth-order valence-electron chi connectivity index (χ4n) is 2.91. The molecular weight excluding hydrogens is 505 g/mol. The number of alkyl halides is 3. The summed E-state index contributed by atoms with van der Waals surface area (Å²) in [5, 5.41) is 22.6. The summed E-state index contributed by atoms with van der Waals surface area (Å²) < 4.78 is 32.6. The van der Waals surface area contributed by atoms with Gasteiger partial charge in [0, 0.05) is 22.3 Å². The van der Waals surface area contributed by atoms with Gasteiger partial charge in [0.2, 0.25) is 5.91 Å². The van der Waals surface area contributed by atoms with E-state index in [9.17, 15) is 32.7 Å². The number of aromatic nitrogens is 2. The highest BCUT2D eigenvalue weighted by Gasteiger charge is 2.38. The first kappa shape index (κ1) is 28.3. The van der Waals surface area contributed by atoms with Crippen LogP contribution in [0.5, 0.6) is 0 Å². The molecule has 0 unspecified atom stereocenters. The summed E-state index contributed by atoms with van der Waals surface area (Å²) in [6, 6.07) is 6.16. The first-order valence-corrected chi connectivity index (χ1v) is 11.2.